The highest BCUT2D eigenvalue weighted by Crippen LogP contribution is 2.25. The molecule has 1 N–H and O–H groups in total. The minimum atomic E-state index is -2.46. The highest BCUT2D eigenvalue weighted by atomic mass is 32.2. The Labute approximate surface area is 145 Å². The summed E-state index contributed by atoms with van der Waals surface area (Å²) in [6.45, 7) is 1.30. The van der Waals surface area contributed by atoms with Crippen LogP contribution >= 0.6 is 11.8 Å². The smallest absolute Gasteiger partial charge is 0.288 e. The van der Waals surface area contributed by atoms with Crippen molar-refractivity contribution in [3.63, 3.8) is 0 Å². The summed E-state index contributed by atoms with van der Waals surface area (Å²) in [5, 5.41) is 2.83. The van der Waals surface area contributed by atoms with Crippen LogP contribution in [0.5, 0.6) is 0 Å². The molecule has 128 valence electrons. The molecule has 0 aliphatic rings. The Morgan fingerprint density at radius 3 is 2.17 bits per heavy atom. The molecule has 0 aromatic heterocycles. The number of alkyl halides is 2. The summed E-state index contributed by atoms with van der Waals surface area (Å²) in [7, 11) is 4.03. The SMILES string of the molecule is CN(C)Cc1ccc(CNC(=O)c2ccc(SC(F)F)cc2)cc1. The second-order valence-electron chi connectivity index (χ2n) is 5.64. The average Bonchev–Trinajstić information content (AvgIpc) is 2.53. The first-order valence-electron chi connectivity index (χ1n) is 7.49. The second kappa shape index (κ2) is 8.80. The average molecular weight is 350 g/mol. The normalized spacial score (nSPS) is 11.1. The predicted octanol–water partition coefficient (Wildman–Crippen LogP) is 3.99. The molecule has 0 saturated heterocycles. The minimum absolute atomic E-state index is 0.221. The minimum Gasteiger partial charge on any atom is -0.348 e. The molecule has 0 atom stereocenters. The third-order valence-corrected chi connectivity index (χ3v) is 4.04. The largest absolute Gasteiger partial charge is 0.348 e. The third-order valence-electron chi connectivity index (χ3n) is 3.32. The van der Waals surface area contributed by atoms with Crippen molar-refractivity contribution in [1.29, 1.82) is 0 Å². The van der Waals surface area contributed by atoms with E-state index in [-0.39, 0.29) is 5.91 Å². The number of amides is 1. The van der Waals surface area contributed by atoms with E-state index in [0.717, 1.165) is 12.1 Å². The zero-order valence-corrected chi connectivity index (χ0v) is 14.4. The highest BCUT2D eigenvalue weighted by molar-refractivity contribution is 7.99. The van der Waals surface area contributed by atoms with Crippen LogP contribution in [0.4, 0.5) is 8.78 Å². The predicted molar refractivity (Wildman–Crippen MR) is 93.3 cm³/mol. The van der Waals surface area contributed by atoms with Gasteiger partial charge in [0.05, 0.1) is 0 Å². The number of nitrogens with zero attached hydrogens (tertiary/aromatic N) is 1. The number of nitrogens with one attached hydrogen (secondary N) is 1. The Kier molecular flexibility index (Phi) is 6.75. The molecule has 0 bridgehead atoms. The van der Waals surface area contributed by atoms with E-state index in [0.29, 0.717) is 28.8 Å². The fourth-order valence-electron chi connectivity index (χ4n) is 2.20. The summed E-state index contributed by atoms with van der Waals surface area (Å²) in [5.74, 6) is -2.68. The van der Waals surface area contributed by atoms with Gasteiger partial charge < -0.3 is 10.2 Å². The molecule has 1 amide bonds. The fraction of sp³-hybridized carbons (Fsp3) is 0.278. The number of rotatable bonds is 7. The number of hydrogen-bond acceptors (Lipinski definition) is 3. The van der Waals surface area contributed by atoms with Crippen molar-refractivity contribution in [3.8, 4) is 0 Å². The Hall–Kier alpha value is -1.92. The summed E-state index contributed by atoms with van der Waals surface area (Å²) < 4.78 is 24.5. The maximum Gasteiger partial charge on any atom is 0.288 e. The molecule has 2 aromatic carbocycles. The van der Waals surface area contributed by atoms with Crippen LogP contribution in [0.25, 0.3) is 0 Å². The molecule has 0 heterocycles. The Morgan fingerprint density at radius 2 is 1.62 bits per heavy atom. The Morgan fingerprint density at radius 1 is 1.04 bits per heavy atom. The van der Waals surface area contributed by atoms with Crippen molar-refractivity contribution in [3.05, 3.63) is 65.2 Å². The molecule has 0 unspecified atom stereocenters. The van der Waals surface area contributed by atoms with Gasteiger partial charge in [0.15, 0.2) is 0 Å². The van der Waals surface area contributed by atoms with Crippen LogP contribution in [0.2, 0.25) is 0 Å². The van der Waals surface area contributed by atoms with Gasteiger partial charge in [0, 0.05) is 23.5 Å². The van der Waals surface area contributed by atoms with Gasteiger partial charge in [-0.05, 0) is 49.5 Å². The highest BCUT2D eigenvalue weighted by Gasteiger charge is 2.08. The van der Waals surface area contributed by atoms with Crippen LogP contribution < -0.4 is 5.32 Å². The van der Waals surface area contributed by atoms with Crippen molar-refractivity contribution in [2.24, 2.45) is 0 Å². The molecule has 2 aromatic rings. The first-order valence-corrected chi connectivity index (χ1v) is 8.37. The van der Waals surface area contributed by atoms with Gasteiger partial charge in [-0.15, -0.1) is 0 Å². The number of halogens is 2. The van der Waals surface area contributed by atoms with E-state index in [4.69, 9.17) is 0 Å². The van der Waals surface area contributed by atoms with Gasteiger partial charge >= 0.3 is 0 Å². The van der Waals surface area contributed by atoms with Gasteiger partial charge in [-0.1, -0.05) is 36.0 Å². The lowest BCUT2D eigenvalue weighted by Crippen LogP contribution is -2.22. The lowest BCUT2D eigenvalue weighted by atomic mass is 10.1. The lowest BCUT2D eigenvalue weighted by Gasteiger charge is -2.10. The standard InChI is InChI=1S/C18H20F2N2OS/c1-22(2)12-14-5-3-13(4-6-14)11-21-17(23)15-7-9-16(10-8-15)24-18(19)20/h3-10,18H,11-12H2,1-2H3,(H,21,23). The van der Waals surface area contributed by atoms with E-state index >= 15 is 0 Å². The van der Waals surface area contributed by atoms with E-state index < -0.39 is 5.76 Å². The van der Waals surface area contributed by atoms with Gasteiger partial charge in [-0.25, -0.2) is 0 Å². The maximum absolute atomic E-state index is 12.3. The number of benzene rings is 2. The van der Waals surface area contributed by atoms with Crippen molar-refractivity contribution >= 4 is 17.7 Å². The molecule has 24 heavy (non-hydrogen) atoms. The summed E-state index contributed by atoms with van der Waals surface area (Å²) in [6, 6.07) is 14.2. The number of thioether (sulfide) groups is 1. The molecule has 0 radical (unpaired) electrons. The van der Waals surface area contributed by atoms with Crippen molar-refractivity contribution < 1.29 is 13.6 Å². The van der Waals surface area contributed by atoms with Crippen LogP contribution in [0.15, 0.2) is 53.4 Å². The molecule has 6 heteroatoms. The summed E-state index contributed by atoms with van der Waals surface area (Å²) >= 11 is 0.466. The van der Waals surface area contributed by atoms with Crippen LogP contribution in [0, 0.1) is 0 Å². The second-order valence-corrected chi connectivity index (χ2v) is 6.70. The Bertz CT molecular complexity index is 658. The van der Waals surface area contributed by atoms with Crippen molar-refractivity contribution in [2.75, 3.05) is 14.1 Å². The van der Waals surface area contributed by atoms with Crippen LogP contribution in [0.3, 0.4) is 0 Å². The van der Waals surface area contributed by atoms with Crippen molar-refractivity contribution in [2.45, 2.75) is 23.7 Å². The zero-order chi connectivity index (χ0) is 17.5. The molecular formula is C18H20F2N2OS. The number of hydrogen-bond donors (Lipinski definition) is 1. The first kappa shape index (κ1) is 18.4. The maximum atomic E-state index is 12.3. The topological polar surface area (TPSA) is 32.3 Å². The summed E-state index contributed by atoms with van der Waals surface area (Å²) in [4.78, 5) is 14.6. The number of carbonyl (C=O) groups is 1. The van der Waals surface area contributed by atoms with Crippen LogP contribution in [0.1, 0.15) is 21.5 Å². The van der Waals surface area contributed by atoms with E-state index in [1.807, 2.05) is 38.4 Å². The molecular weight excluding hydrogens is 330 g/mol. The van der Waals surface area contributed by atoms with Gasteiger partial charge in [-0.2, -0.15) is 8.78 Å². The fourth-order valence-corrected chi connectivity index (χ4v) is 2.70. The Balaban J connectivity index is 1.88. The molecule has 2 rings (SSSR count). The lowest BCUT2D eigenvalue weighted by molar-refractivity contribution is 0.0951. The monoisotopic (exact) mass is 350 g/mol. The third kappa shape index (κ3) is 5.94. The number of carbonyl (C=O) groups excluding carboxylic acids is 1. The molecule has 0 fully saturated rings. The van der Waals surface area contributed by atoms with Crippen LogP contribution in [-0.2, 0) is 13.1 Å². The van der Waals surface area contributed by atoms with E-state index in [9.17, 15) is 13.6 Å². The molecule has 0 aliphatic carbocycles. The van der Waals surface area contributed by atoms with E-state index in [1.165, 1.54) is 17.7 Å². The van der Waals surface area contributed by atoms with Gasteiger partial charge in [0.2, 0.25) is 0 Å². The molecule has 0 aliphatic heterocycles. The van der Waals surface area contributed by atoms with Crippen LogP contribution in [-0.4, -0.2) is 30.7 Å². The molecule has 0 saturated carbocycles. The summed E-state index contributed by atoms with van der Waals surface area (Å²) in [5.41, 5.74) is 2.68. The van der Waals surface area contributed by atoms with Gasteiger partial charge in [0.1, 0.15) is 0 Å². The summed E-state index contributed by atoms with van der Waals surface area (Å²) in [6.07, 6.45) is 0. The quantitative estimate of drug-likeness (QED) is 0.766. The van der Waals surface area contributed by atoms with E-state index in [2.05, 4.69) is 10.2 Å². The van der Waals surface area contributed by atoms with Crippen molar-refractivity contribution in [1.82, 2.24) is 10.2 Å². The molecule has 0 spiro atoms. The van der Waals surface area contributed by atoms with Gasteiger partial charge in [0.25, 0.3) is 11.7 Å². The van der Waals surface area contributed by atoms with E-state index in [1.54, 1.807) is 12.1 Å². The zero-order valence-electron chi connectivity index (χ0n) is 13.6. The molecule has 3 nitrogen and oxygen atoms in total. The van der Waals surface area contributed by atoms with Gasteiger partial charge in [-0.3, -0.25) is 4.79 Å². The first-order chi connectivity index (χ1) is 11.4.